The monoisotopic (exact) mass is 461 g/mol. The standard InChI is InChI=1S/C24H27N7O3/c1-14-21(17-5-3-4-6-19(17)31-10-9-30(2)16(12-31)13-32)28-23(25)29-22(14)26-15-7-8-20-18(11-15)27-24(33)34-20/h3-8,11,16,32H,9-10,12-13H2,1-2H3,(H,27,33)(H3,25,26,28,29). The van der Waals surface area contributed by atoms with Gasteiger partial charge in [0.2, 0.25) is 5.95 Å². The molecule has 0 spiro atoms. The SMILES string of the molecule is Cc1c(Nc2ccc3oc(=O)[nH]c3c2)nc(N)nc1-c1ccccc1N1CCN(C)C(CO)C1. The molecule has 2 aromatic heterocycles. The molecule has 0 aliphatic carbocycles. The average Bonchev–Trinajstić information content (AvgIpc) is 3.21. The van der Waals surface area contributed by atoms with Gasteiger partial charge in [-0.25, -0.2) is 9.78 Å². The van der Waals surface area contributed by atoms with E-state index in [1.54, 1.807) is 12.1 Å². The topological polar surface area (TPSA) is 137 Å². The van der Waals surface area contributed by atoms with Crippen molar-refractivity contribution >= 4 is 34.2 Å². The number of benzene rings is 2. The zero-order chi connectivity index (χ0) is 23.8. The minimum atomic E-state index is -0.499. The van der Waals surface area contributed by atoms with Crippen molar-refractivity contribution in [3.63, 3.8) is 0 Å². The molecular weight excluding hydrogens is 434 g/mol. The maximum atomic E-state index is 11.5. The van der Waals surface area contributed by atoms with Crippen molar-refractivity contribution in [3.05, 3.63) is 58.6 Å². The van der Waals surface area contributed by atoms with Crippen molar-refractivity contribution < 1.29 is 9.52 Å². The van der Waals surface area contributed by atoms with Crippen LogP contribution in [0.2, 0.25) is 0 Å². The normalized spacial score (nSPS) is 16.8. The second-order valence-electron chi connectivity index (χ2n) is 8.53. The summed E-state index contributed by atoms with van der Waals surface area (Å²) in [5.74, 6) is 0.234. The highest BCUT2D eigenvalue weighted by atomic mass is 16.4. The Morgan fingerprint density at radius 1 is 1.24 bits per heavy atom. The quantitative estimate of drug-likeness (QED) is 0.353. The number of aliphatic hydroxyl groups excluding tert-OH is 1. The number of nitrogen functional groups attached to an aromatic ring is 1. The number of oxazole rings is 1. The minimum absolute atomic E-state index is 0.0693. The molecule has 1 fully saturated rings. The van der Waals surface area contributed by atoms with Crippen LogP contribution in [-0.4, -0.2) is 64.3 Å². The van der Waals surface area contributed by atoms with E-state index in [-0.39, 0.29) is 18.6 Å². The first kappa shape index (κ1) is 21.9. The Kier molecular flexibility index (Phi) is 5.68. The number of nitrogens with one attached hydrogen (secondary N) is 2. The fraction of sp³-hybridized carbons (Fsp3) is 0.292. The third-order valence-electron chi connectivity index (χ3n) is 6.33. The van der Waals surface area contributed by atoms with Gasteiger partial charge in [-0.15, -0.1) is 0 Å². The van der Waals surface area contributed by atoms with Crippen LogP contribution in [0.1, 0.15) is 5.56 Å². The number of anilines is 4. The Bertz CT molecular complexity index is 1400. The maximum absolute atomic E-state index is 11.5. The number of aromatic amines is 1. The summed E-state index contributed by atoms with van der Waals surface area (Å²) < 4.78 is 5.08. The first-order valence-electron chi connectivity index (χ1n) is 11.1. The minimum Gasteiger partial charge on any atom is -0.408 e. The predicted octanol–water partition coefficient (Wildman–Crippen LogP) is 2.33. The number of aliphatic hydroxyl groups is 1. The third kappa shape index (κ3) is 4.09. The zero-order valence-electron chi connectivity index (χ0n) is 19.1. The highest BCUT2D eigenvalue weighted by Crippen LogP contribution is 2.35. The summed E-state index contributed by atoms with van der Waals surface area (Å²) in [6.07, 6.45) is 0. The second kappa shape index (κ2) is 8.81. The molecule has 3 heterocycles. The highest BCUT2D eigenvalue weighted by molar-refractivity contribution is 5.83. The van der Waals surface area contributed by atoms with Gasteiger partial charge in [0, 0.05) is 42.1 Å². The van der Waals surface area contributed by atoms with Crippen LogP contribution in [0.5, 0.6) is 0 Å². The van der Waals surface area contributed by atoms with Gasteiger partial charge in [0.25, 0.3) is 0 Å². The third-order valence-corrected chi connectivity index (χ3v) is 6.33. The van der Waals surface area contributed by atoms with Crippen molar-refractivity contribution in [2.45, 2.75) is 13.0 Å². The number of rotatable bonds is 5. The molecule has 1 aliphatic heterocycles. The average molecular weight is 462 g/mol. The number of nitrogens with two attached hydrogens (primary N) is 1. The second-order valence-corrected chi connectivity index (χ2v) is 8.53. The van der Waals surface area contributed by atoms with Gasteiger partial charge >= 0.3 is 5.76 Å². The van der Waals surface area contributed by atoms with Crippen LogP contribution in [0.4, 0.5) is 23.1 Å². The van der Waals surface area contributed by atoms with Crippen LogP contribution in [-0.2, 0) is 0 Å². The first-order valence-corrected chi connectivity index (χ1v) is 11.1. The van der Waals surface area contributed by atoms with Crippen molar-refractivity contribution in [1.82, 2.24) is 19.9 Å². The van der Waals surface area contributed by atoms with Gasteiger partial charge in [0.15, 0.2) is 5.58 Å². The number of nitrogens with zero attached hydrogens (tertiary/aromatic N) is 4. The number of aromatic nitrogens is 3. The van der Waals surface area contributed by atoms with E-state index >= 15 is 0 Å². The van der Waals surface area contributed by atoms with Crippen molar-refractivity contribution in [2.24, 2.45) is 0 Å². The molecule has 10 heteroatoms. The summed E-state index contributed by atoms with van der Waals surface area (Å²) in [7, 11) is 2.04. The molecule has 34 heavy (non-hydrogen) atoms. The number of likely N-dealkylation sites (N-methyl/N-ethyl adjacent to an activating group) is 1. The van der Waals surface area contributed by atoms with Gasteiger partial charge in [-0.1, -0.05) is 18.2 Å². The number of fused-ring (bicyclic) bond motifs is 1. The summed E-state index contributed by atoms with van der Waals surface area (Å²) in [4.78, 5) is 27.6. The summed E-state index contributed by atoms with van der Waals surface area (Å²) in [6, 6.07) is 13.5. The van der Waals surface area contributed by atoms with Crippen LogP contribution >= 0.6 is 0 Å². The van der Waals surface area contributed by atoms with E-state index in [4.69, 9.17) is 10.2 Å². The highest BCUT2D eigenvalue weighted by Gasteiger charge is 2.26. The Labute approximate surface area is 196 Å². The molecule has 10 nitrogen and oxygen atoms in total. The molecule has 4 aromatic rings. The molecule has 5 N–H and O–H groups in total. The lowest BCUT2D eigenvalue weighted by atomic mass is 10.0. The van der Waals surface area contributed by atoms with Crippen molar-refractivity contribution in [3.8, 4) is 11.3 Å². The lowest BCUT2D eigenvalue weighted by Crippen LogP contribution is -2.53. The fourth-order valence-electron chi connectivity index (χ4n) is 4.40. The van der Waals surface area contributed by atoms with E-state index in [1.807, 2.05) is 38.2 Å². The van der Waals surface area contributed by atoms with Crippen LogP contribution in [0.15, 0.2) is 51.7 Å². The molecule has 1 saturated heterocycles. The molecular formula is C24H27N7O3. The lowest BCUT2D eigenvalue weighted by Gasteiger charge is -2.40. The van der Waals surface area contributed by atoms with Gasteiger partial charge in [0.05, 0.1) is 23.9 Å². The van der Waals surface area contributed by atoms with E-state index in [1.165, 1.54) is 0 Å². The molecule has 2 aromatic carbocycles. The van der Waals surface area contributed by atoms with Crippen molar-refractivity contribution in [1.29, 1.82) is 0 Å². The van der Waals surface area contributed by atoms with Crippen LogP contribution in [0, 0.1) is 6.92 Å². The van der Waals surface area contributed by atoms with Gasteiger partial charge in [-0.05, 0) is 38.2 Å². The first-order chi connectivity index (χ1) is 16.4. The van der Waals surface area contributed by atoms with Gasteiger partial charge < -0.3 is 25.5 Å². The Morgan fingerprint density at radius 2 is 2.06 bits per heavy atom. The molecule has 1 aliphatic rings. The molecule has 0 saturated carbocycles. The molecule has 1 atom stereocenters. The number of hydrogen-bond acceptors (Lipinski definition) is 9. The molecule has 5 rings (SSSR count). The molecule has 0 amide bonds. The van der Waals surface area contributed by atoms with Gasteiger partial charge in [-0.3, -0.25) is 9.88 Å². The smallest absolute Gasteiger partial charge is 0.408 e. The van der Waals surface area contributed by atoms with E-state index in [0.29, 0.717) is 16.9 Å². The predicted molar refractivity (Wildman–Crippen MR) is 132 cm³/mol. The van der Waals surface area contributed by atoms with Crippen LogP contribution in [0.25, 0.3) is 22.4 Å². The molecule has 176 valence electrons. The Balaban J connectivity index is 1.52. The van der Waals surface area contributed by atoms with Crippen LogP contribution < -0.4 is 21.7 Å². The van der Waals surface area contributed by atoms with E-state index in [0.717, 1.165) is 47.8 Å². The van der Waals surface area contributed by atoms with Crippen molar-refractivity contribution in [2.75, 3.05) is 49.2 Å². The summed E-state index contributed by atoms with van der Waals surface area (Å²) in [5, 5.41) is 13.1. The summed E-state index contributed by atoms with van der Waals surface area (Å²) in [5.41, 5.74) is 11.5. The van der Waals surface area contributed by atoms with E-state index < -0.39 is 5.76 Å². The summed E-state index contributed by atoms with van der Waals surface area (Å²) >= 11 is 0. The molecule has 1 unspecified atom stereocenters. The van der Waals surface area contributed by atoms with E-state index in [9.17, 15) is 9.90 Å². The Hall–Kier alpha value is -3.89. The zero-order valence-corrected chi connectivity index (χ0v) is 19.1. The lowest BCUT2D eigenvalue weighted by molar-refractivity contribution is 0.135. The number of H-pyrrole nitrogens is 1. The van der Waals surface area contributed by atoms with Gasteiger partial charge in [0.1, 0.15) is 5.82 Å². The number of hydrogen-bond donors (Lipinski definition) is 4. The number of piperazine rings is 1. The van der Waals surface area contributed by atoms with Gasteiger partial charge in [-0.2, -0.15) is 4.98 Å². The maximum Gasteiger partial charge on any atom is 0.417 e. The van der Waals surface area contributed by atoms with E-state index in [2.05, 4.69) is 36.1 Å². The molecule has 0 radical (unpaired) electrons. The fourth-order valence-corrected chi connectivity index (χ4v) is 4.40. The Morgan fingerprint density at radius 3 is 2.88 bits per heavy atom. The van der Waals surface area contributed by atoms with Crippen LogP contribution in [0.3, 0.4) is 0 Å². The summed E-state index contributed by atoms with van der Waals surface area (Å²) in [6.45, 7) is 4.48. The largest absolute Gasteiger partial charge is 0.417 e. The molecule has 0 bridgehead atoms. The number of para-hydroxylation sites is 1.